The van der Waals surface area contributed by atoms with E-state index in [2.05, 4.69) is 43.2 Å². The van der Waals surface area contributed by atoms with Gasteiger partial charge in [0.1, 0.15) is 0 Å². The lowest BCUT2D eigenvalue weighted by atomic mass is 9.86. The van der Waals surface area contributed by atoms with Crippen LogP contribution in [0.5, 0.6) is 0 Å². The number of hydrogen-bond acceptors (Lipinski definition) is 5. The number of carbonyl (C=O) groups excluding carboxylic acids is 3. The lowest BCUT2D eigenvalue weighted by molar-refractivity contribution is -0.132. The molecule has 0 aliphatic carbocycles. The van der Waals surface area contributed by atoms with E-state index in [4.69, 9.17) is 5.73 Å². The smallest absolute Gasteiger partial charge is 0.277 e. The highest BCUT2D eigenvalue weighted by Crippen LogP contribution is 2.39. The predicted octanol–water partition coefficient (Wildman–Crippen LogP) is 7.61. The topological polar surface area (TPSA) is 105 Å². The van der Waals surface area contributed by atoms with E-state index in [1.54, 1.807) is 54.6 Å². The largest absolute Gasteiger partial charge is 0.364 e. The zero-order valence-electron chi connectivity index (χ0n) is 26.2. The van der Waals surface area contributed by atoms with Crippen LogP contribution in [0, 0.1) is 0 Å². The fraction of sp³-hybridized carbons (Fsp3) is 0.243. The molecule has 2 heterocycles. The molecule has 3 amide bonds. The molecule has 1 saturated heterocycles. The van der Waals surface area contributed by atoms with E-state index in [-0.39, 0.29) is 22.9 Å². The Balaban J connectivity index is 1.43. The number of alkyl halides is 2. The van der Waals surface area contributed by atoms with E-state index >= 15 is 0 Å². The molecule has 47 heavy (non-hydrogen) atoms. The Hall–Kier alpha value is -4.96. The molecule has 0 spiro atoms. The maximum atomic E-state index is 14.3. The molecule has 0 bridgehead atoms. The second-order valence-electron chi connectivity index (χ2n) is 12.8. The van der Waals surface area contributed by atoms with E-state index in [0.29, 0.717) is 32.6 Å². The molecule has 0 unspecified atom stereocenters. The summed E-state index contributed by atoms with van der Waals surface area (Å²) in [6.07, 6.45) is -0.424. The van der Waals surface area contributed by atoms with Crippen molar-refractivity contribution in [3.05, 3.63) is 118 Å². The quantitative estimate of drug-likeness (QED) is 0.189. The Labute approximate surface area is 275 Å². The van der Waals surface area contributed by atoms with Crippen LogP contribution < -0.4 is 11.1 Å². The minimum Gasteiger partial charge on any atom is -0.364 e. The zero-order valence-corrected chi connectivity index (χ0v) is 27.0. The van der Waals surface area contributed by atoms with Gasteiger partial charge in [0.05, 0.1) is 22.7 Å². The molecule has 1 aromatic heterocycles. The molecule has 6 rings (SSSR count). The number of nitrogens with zero attached hydrogens (tertiary/aromatic N) is 2. The number of nitrogens with two attached hydrogens (primary N) is 1. The van der Waals surface area contributed by atoms with Gasteiger partial charge < -0.3 is 16.0 Å². The van der Waals surface area contributed by atoms with Gasteiger partial charge in [0.2, 0.25) is 5.91 Å². The van der Waals surface area contributed by atoms with Gasteiger partial charge in [-0.15, -0.1) is 11.3 Å². The van der Waals surface area contributed by atoms with Gasteiger partial charge >= 0.3 is 0 Å². The number of thiazole rings is 1. The first kappa shape index (κ1) is 32.0. The van der Waals surface area contributed by atoms with Crippen LogP contribution >= 0.6 is 11.3 Å². The van der Waals surface area contributed by atoms with Gasteiger partial charge in [0.25, 0.3) is 17.7 Å². The Kier molecular flexibility index (Phi) is 8.40. The van der Waals surface area contributed by atoms with Gasteiger partial charge in [-0.05, 0) is 51.4 Å². The van der Waals surface area contributed by atoms with Crippen LogP contribution in [0.4, 0.5) is 14.5 Å². The molecule has 1 atom stereocenters. The Bertz CT molecular complexity index is 1990. The van der Waals surface area contributed by atoms with Crippen LogP contribution in [0.2, 0.25) is 0 Å². The first-order valence-electron chi connectivity index (χ1n) is 15.3. The van der Waals surface area contributed by atoms with Crippen molar-refractivity contribution in [2.24, 2.45) is 5.73 Å². The summed E-state index contributed by atoms with van der Waals surface area (Å²) in [5.41, 5.74) is 10.4. The number of hydrogen-bond donors (Lipinski definition) is 2. The molecular weight excluding hydrogens is 618 g/mol. The maximum absolute atomic E-state index is 14.3. The molecule has 1 fully saturated rings. The predicted molar refractivity (Wildman–Crippen MR) is 181 cm³/mol. The average molecular weight is 653 g/mol. The summed E-state index contributed by atoms with van der Waals surface area (Å²) in [7, 11) is 0. The van der Waals surface area contributed by atoms with Gasteiger partial charge in [0.15, 0.2) is 5.01 Å². The monoisotopic (exact) mass is 652 g/mol. The number of nitrogens with one attached hydrogen (secondary N) is 1. The Morgan fingerprint density at radius 3 is 2.28 bits per heavy atom. The fourth-order valence-corrected chi connectivity index (χ4v) is 6.83. The van der Waals surface area contributed by atoms with Crippen LogP contribution in [0.25, 0.3) is 21.3 Å². The second kappa shape index (κ2) is 12.3. The van der Waals surface area contributed by atoms with Crippen molar-refractivity contribution in [2.45, 2.75) is 44.4 Å². The number of fused-ring (bicyclic) bond motifs is 1. The number of rotatable bonds is 7. The van der Waals surface area contributed by atoms with E-state index in [1.807, 2.05) is 24.3 Å². The first-order chi connectivity index (χ1) is 22.3. The molecular formula is C37H34F2N4O3S. The standard InChI is InChI=1S/C37H34F2N4O3S/c1-36(2,3)24-15-13-22(14-16-24)26-11-7-8-12-27(26)33(45)41-25-19-28(31-29(20-25)47-34(42-31)32(40)44)30(23-9-5-4-6-10-23)35(46)43-18-17-37(38,39)21-43/h4-16,19-20,30H,17-18,21H2,1-3H3,(H2,40,44)(H,41,45)/t30-/m0/s1. The lowest BCUT2D eigenvalue weighted by Gasteiger charge is -2.25. The molecule has 10 heteroatoms. The van der Waals surface area contributed by atoms with Crippen molar-refractivity contribution in [3.63, 3.8) is 0 Å². The summed E-state index contributed by atoms with van der Waals surface area (Å²) < 4.78 is 29.0. The van der Waals surface area contributed by atoms with Crippen molar-refractivity contribution in [1.29, 1.82) is 0 Å². The van der Waals surface area contributed by atoms with Crippen molar-refractivity contribution in [1.82, 2.24) is 9.88 Å². The number of benzene rings is 4. The number of amides is 3. The number of halogens is 2. The number of anilines is 1. The number of likely N-dealkylation sites (tertiary alicyclic amines) is 1. The minimum absolute atomic E-state index is 0.0224. The van der Waals surface area contributed by atoms with E-state index < -0.39 is 36.6 Å². The van der Waals surface area contributed by atoms with Crippen LogP contribution in [0.1, 0.15) is 70.0 Å². The van der Waals surface area contributed by atoms with Gasteiger partial charge in [0, 0.05) is 24.2 Å². The summed E-state index contributed by atoms with van der Waals surface area (Å²) >= 11 is 1.03. The van der Waals surface area contributed by atoms with Crippen molar-refractivity contribution in [3.8, 4) is 11.1 Å². The molecule has 4 aromatic carbocycles. The minimum atomic E-state index is -2.98. The molecule has 1 aliphatic rings. The summed E-state index contributed by atoms with van der Waals surface area (Å²) in [4.78, 5) is 45.7. The molecule has 7 nitrogen and oxygen atoms in total. The lowest BCUT2D eigenvalue weighted by Crippen LogP contribution is -2.35. The molecule has 5 aromatic rings. The third-order valence-corrected chi connectivity index (χ3v) is 9.42. The van der Waals surface area contributed by atoms with Gasteiger partial charge in [-0.3, -0.25) is 14.4 Å². The molecule has 3 N–H and O–H groups in total. The summed E-state index contributed by atoms with van der Waals surface area (Å²) in [5.74, 6) is -5.65. The highest BCUT2D eigenvalue weighted by atomic mass is 32.1. The normalized spacial score (nSPS) is 15.0. The maximum Gasteiger partial charge on any atom is 0.277 e. The summed E-state index contributed by atoms with van der Waals surface area (Å²) in [6.45, 7) is 5.64. The van der Waals surface area contributed by atoms with Crippen LogP contribution in [0.3, 0.4) is 0 Å². The Morgan fingerprint density at radius 2 is 1.64 bits per heavy atom. The van der Waals surface area contributed by atoms with E-state index in [1.165, 1.54) is 5.56 Å². The average Bonchev–Trinajstić information content (AvgIpc) is 3.64. The number of primary amides is 1. The SMILES string of the molecule is CC(C)(C)c1ccc(-c2ccccc2C(=O)Nc2cc([C@@H](C(=O)N3CCC(F)(F)C3)c3ccccc3)c3nc(C(N)=O)sc3c2)cc1. The van der Waals surface area contributed by atoms with E-state index in [0.717, 1.165) is 27.4 Å². The molecule has 0 radical (unpaired) electrons. The summed E-state index contributed by atoms with van der Waals surface area (Å²) in [5, 5.41) is 3.01. The second-order valence-corrected chi connectivity index (χ2v) is 13.9. The van der Waals surface area contributed by atoms with Gasteiger partial charge in [-0.2, -0.15) is 0 Å². The molecule has 1 aliphatic heterocycles. The van der Waals surface area contributed by atoms with Crippen molar-refractivity contribution >= 4 is 45.0 Å². The third kappa shape index (κ3) is 6.64. The number of aromatic nitrogens is 1. The first-order valence-corrected chi connectivity index (χ1v) is 16.1. The number of carbonyl (C=O) groups is 3. The van der Waals surface area contributed by atoms with Crippen molar-refractivity contribution < 1.29 is 23.2 Å². The van der Waals surface area contributed by atoms with Gasteiger partial charge in [-0.25, -0.2) is 13.8 Å². The highest BCUT2D eigenvalue weighted by molar-refractivity contribution is 7.20. The highest BCUT2D eigenvalue weighted by Gasteiger charge is 2.43. The third-order valence-electron chi connectivity index (χ3n) is 8.40. The van der Waals surface area contributed by atoms with Crippen LogP contribution in [-0.2, 0) is 10.2 Å². The van der Waals surface area contributed by atoms with Crippen LogP contribution in [0.15, 0.2) is 91.0 Å². The van der Waals surface area contributed by atoms with Crippen molar-refractivity contribution in [2.75, 3.05) is 18.4 Å². The molecule has 240 valence electrons. The fourth-order valence-electron chi connectivity index (χ4n) is 5.94. The van der Waals surface area contributed by atoms with E-state index in [9.17, 15) is 23.2 Å². The van der Waals surface area contributed by atoms with Crippen LogP contribution in [-0.4, -0.2) is 46.6 Å². The molecule has 0 saturated carbocycles. The van der Waals surface area contributed by atoms with Gasteiger partial charge in [-0.1, -0.05) is 93.6 Å². The summed E-state index contributed by atoms with van der Waals surface area (Å²) in [6, 6.07) is 27.5. The Morgan fingerprint density at radius 1 is 0.957 bits per heavy atom. The zero-order chi connectivity index (χ0) is 33.5.